The zero-order valence-electron chi connectivity index (χ0n) is 16.4. The van der Waals surface area contributed by atoms with Gasteiger partial charge >= 0.3 is 0 Å². The summed E-state index contributed by atoms with van der Waals surface area (Å²) in [5.41, 5.74) is -0.118. The predicted molar refractivity (Wildman–Crippen MR) is 111 cm³/mol. The van der Waals surface area contributed by atoms with Crippen molar-refractivity contribution in [3.8, 4) is 11.5 Å². The molecule has 148 valence electrons. The van der Waals surface area contributed by atoms with Gasteiger partial charge in [0, 0.05) is 12.6 Å². The molecule has 0 bridgehead atoms. The Morgan fingerprint density at radius 3 is 2.74 bits per heavy atom. The Morgan fingerprint density at radius 2 is 2.07 bits per heavy atom. The molecule has 1 heterocycles. The number of thiophene rings is 1. The van der Waals surface area contributed by atoms with Crippen molar-refractivity contribution in [3.05, 3.63) is 46.7 Å². The van der Waals surface area contributed by atoms with E-state index in [0.717, 1.165) is 23.6 Å². The van der Waals surface area contributed by atoms with E-state index in [2.05, 4.69) is 15.6 Å². The number of ether oxygens (including phenoxy) is 2. The summed E-state index contributed by atoms with van der Waals surface area (Å²) in [5, 5.41) is 21.0. The standard InChI is InChI=1S/C20H29N3O3S/c1-5-21-19(23-14-20(3,24)16-9-10-27-13-16)22-12-15(2)26-18-8-6-7-17(11-18)25-4/h6-11,13,15,24H,5,12,14H2,1-4H3,(H2,21,22,23). The number of aliphatic imine (C=N–C) groups is 1. The van der Waals surface area contributed by atoms with Gasteiger partial charge in [-0.05, 0) is 55.3 Å². The monoisotopic (exact) mass is 391 g/mol. The van der Waals surface area contributed by atoms with Crippen LogP contribution in [0.15, 0.2) is 46.1 Å². The molecule has 0 radical (unpaired) electrons. The van der Waals surface area contributed by atoms with Gasteiger partial charge in [0.1, 0.15) is 23.2 Å². The summed E-state index contributed by atoms with van der Waals surface area (Å²) >= 11 is 1.56. The van der Waals surface area contributed by atoms with E-state index in [1.807, 2.05) is 54.9 Å². The van der Waals surface area contributed by atoms with E-state index in [9.17, 15) is 5.11 Å². The van der Waals surface area contributed by atoms with Crippen molar-refractivity contribution < 1.29 is 14.6 Å². The molecule has 6 nitrogen and oxygen atoms in total. The van der Waals surface area contributed by atoms with Crippen molar-refractivity contribution in [1.29, 1.82) is 0 Å². The Kier molecular flexibility index (Phi) is 7.94. The van der Waals surface area contributed by atoms with E-state index in [0.29, 0.717) is 12.5 Å². The summed E-state index contributed by atoms with van der Waals surface area (Å²) in [5.74, 6) is 2.17. The van der Waals surface area contributed by atoms with Crippen molar-refractivity contribution in [2.24, 2.45) is 4.99 Å². The Morgan fingerprint density at radius 1 is 1.30 bits per heavy atom. The predicted octanol–water partition coefficient (Wildman–Crippen LogP) is 2.99. The van der Waals surface area contributed by atoms with Crippen LogP contribution in [0.2, 0.25) is 0 Å². The Bertz CT molecular complexity index is 717. The number of guanidine groups is 1. The zero-order valence-corrected chi connectivity index (χ0v) is 17.2. The van der Waals surface area contributed by atoms with Crippen LogP contribution in [-0.2, 0) is 5.60 Å². The lowest BCUT2D eigenvalue weighted by Gasteiger charge is -2.22. The molecule has 0 amide bonds. The molecule has 0 aliphatic carbocycles. The highest BCUT2D eigenvalue weighted by Gasteiger charge is 2.23. The molecule has 0 aliphatic rings. The van der Waals surface area contributed by atoms with Crippen LogP contribution in [0.4, 0.5) is 0 Å². The first kappa shape index (κ1) is 21.1. The molecule has 0 aliphatic heterocycles. The van der Waals surface area contributed by atoms with E-state index in [1.54, 1.807) is 25.4 Å². The van der Waals surface area contributed by atoms with Crippen LogP contribution >= 0.6 is 11.3 Å². The third-order valence-corrected chi connectivity index (χ3v) is 4.65. The number of nitrogens with one attached hydrogen (secondary N) is 2. The van der Waals surface area contributed by atoms with Gasteiger partial charge in [0.2, 0.25) is 0 Å². The average Bonchev–Trinajstić information content (AvgIpc) is 3.20. The van der Waals surface area contributed by atoms with Crippen LogP contribution in [0.1, 0.15) is 26.3 Å². The van der Waals surface area contributed by atoms with Gasteiger partial charge in [-0.2, -0.15) is 11.3 Å². The van der Waals surface area contributed by atoms with E-state index < -0.39 is 5.60 Å². The van der Waals surface area contributed by atoms with Crippen molar-refractivity contribution >= 4 is 17.3 Å². The molecule has 0 spiro atoms. The van der Waals surface area contributed by atoms with Crippen LogP contribution < -0.4 is 20.1 Å². The average molecular weight is 392 g/mol. The molecule has 2 unspecified atom stereocenters. The number of aliphatic hydroxyl groups is 1. The Hall–Kier alpha value is -2.25. The van der Waals surface area contributed by atoms with Gasteiger partial charge in [-0.3, -0.25) is 0 Å². The van der Waals surface area contributed by atoms with Gasteiger partial charge in [-0.15, -0.1) is 0 Å². The van der Waals surface area contributed by atoms with E-state index in [-0.39, 0.29) is 12.6 Å². The zero-order chi connectivity index (χ0) is 19.7. The van der Waals surface area contributed by atoms with Crippen molar-refractivity contribution in [2.75, 3.05) is 26.7 Å². The maximum Gasteiger partial charge on any atom is 0.191 e. The molecule has 27 heavy (non-hydrogen) atoms. The van der Waals surface area contributed by atoms with Gasteiger partial charge in [0.25, 0.3) is 0 Å². The molecule has 0 saturated carbocycles. The van der Waals surface area contributed by atoms with Gasteiger partial charge in [-0.1, -0.05) is 6.07 Å². The molecule has 0 fully saturated rings. The third-order valence-electron chi connectivity index (χ3n) is 3.97. The number of nitrogens with zero attached hydrogens (tertiary/aromatic N) is 1. The first-order chi connectivity index (χ1) is 12.9. The summed E-state index contributed by atoms with van der Waals surface area (Å²) in [7, 11) is 1.63. The summed E-state index contributed by atoms with van der Waals surface area (Å²) in [6.07, 6.45) is -0.0710. The molecule has 1 aromatic carbocycles. The lowest BCUT2D eigenvalue weighted by molar-refractivity contribution is 0.0677. The molecule has 0 saturated heterocycles. The number of hydrogen-bond acceptors (Lipinski definition) is 5. The number of benzene rings is 1. The Labute approximate surface area is 165 Å². The van der Waals surface area contributed by atoms with Crippen LogP contribution in [0.3, 0.4) is 0 Å². The summed E-state index contributed by atoms with van der Waals surface area (Å²) < 4.78 is 11.1. The third kappa shape index (κ3) is 6.77. The summed E-state index contributed by atoms with van der Waals surface area (Å²) in [6, 6.07) is 9.45. The Balaban J connectivity index is 1.90. The molecular weight excluding hydrogens is 362 g/mol. The number of rotatable bonds is 9. The second-order valence-corrected chi connectivity index (χ2v) is 7.25. The molecule has 2 atom stereocenters. The fourth-order valence-electron chi connectivity index (χ4n) is 2.43. The van der Waals surface area contributed by atoms with E-state index >= 15 is 0 Å². The lowest BCUT2D eigenvalue weighted by Crippen LogP contribution is -2.42. The molecule has 7 heteroatoms. The second-order valence-electron chi connectivity index (χ2n) is 6.47. The van der Waals surface area contributed by atoms with Crippen molar-refractivity contribution in [2.45, 2.75) is 32.5 Å². The number of methoxy groups -OCH3 is 1. The van der Waals surface area contributed by atoms with E-state index in [1.165, 1.54) is 0 Å². The minimum Gasteiger partial charge on any atom is -0.497 e. The minimum atomic E-state index is -0.995. The quantitative estimate of drug-likeness (QED) is 0.453. The highest BCUT2D eigenvalue weighted by atomic mass is 32.1. The SMILES string of the molecule is CCNC(=NCC(C)(O)c1ccsc1)NCC(C)Oc1cccc(OC)c1. The molecule has 2 rings (SSSR count). The smallest absolute Gasteiger partial charge is 0.191 e. The normalized spacial score (nSPS) is 14.9. The van der Waals surface area contributed by atoms with Gasteiger partial charge in [0.15, 0.2) is 5.96 Å². The van der Waals surface area contributed by atoms with Crippen molar-refractivity contribution in [1.82, 2.24) is 10.6 Å². The van der Waals surface area contributed by atoms with Crippen LogP contribution in [0, 0.1) is 0 Å². The highest BCUT2D eigenvalue weighted by molar-refractivity contribution is 7.08. The van der Waals surface area contributed by atoms with Crippen LogP contribution in [0.5, 0.6) is 11.5 Å². The lowest BCUT2D eigenvalue weighted by atomic mass is 10.00. The minimum absolute atomic E-state index is 0.0710. The second kappa shape index (κ2) is 10.2. The maximum absolute atomic E-state index is 10.6. The summed E-state index contributed by atoms with van der Waals surface area (Å²) in [6.45, 7) is 7.34. The van der Waals surface area contributed by atoms with E-state index in [4.69, 9.17) is 9.47 Å². The first-order valence-corrected chi connectivity index (χ1v) is 9.97. The van der Waals surface area contributed by atoms with Gasteiger partial charge in [0.05, 0.1) is 20.2 Å². The molecule has 2 aromatic rings. The van der Waals surface area contributed by atoms with Gasteiger partial charge in [-0.25, -0.2) is 4.99 Å². The van der Waals surface area contributed by atoms with Crippen molar-refractivity contribution in [3.63, 3.8) is 0 Å². The topological polar surface area (TPSA) is 75.1 Å². The van der Waals surface area contributed by atoms with Crippen LogP contribution in [-0.4, -0.2) is 43.9 Å². The highest BCUT2D eigenvalue weighted by Crippen LogP contribution is 2.23. The number of hydrogen-bond donors (Lipinski definition) is 3. The molecular formula is C20H29N3O3S. The van der Waals surface area contributed by atoms with Crippen LogP contribution in [0.25, 0.3) is 0 Å². The first-order valence-electron chi connectivity index (χ1n) is 9.02. The fraction of sp³-hybridized carbons (Fsp3) is 0.450. The fourth-order valence-corrected chi connectivity index (χ4v) is 3.21. The largest absolute Gasteiger partial charge is 0.497 e. The maximum atomic E-state index is 10.6. The van der Waals surface area contributed by atoms with Gasteiger partial charge < -0.3 is 25.2 Å². The summed E-state index contributed by atoms with van der Waals surface area (Å²) in [4.78, 5) is 4.52. The molecule has 1 aromatic heterocycles. The molecule has 3 N–H and O–H groups in total.